The van der Waals surface area contributed by atoms with Crippen molar-refractivity contribution >= 4 is 21.7 Å². The molecule has 1 aliphatic rings. The molecular weight excluding hydrogens is 464 g/mol. The molecular formula is C26H30N4O4S. The maximum absolute atomic E-state index is 13.8. The Labute approximate surface area is 206 Å². The highest BCUT2D eigenvalue weighted by Gasteiger charge is 2.49. The quantitative estimate of drug-likeness (QED) is 0.517. The van der Waals surface area contributed by atoms with Gasteiger partial charge >= 0.3 is 0 Å². The first kappa shape index (κ1) is 24.7. The van der Waals surface area contributed by atoms with Crippen molar-refractivity contribution in [2.75, 3.05) is 12.3 Å². The summed E-state index contributed by atoms with van der Waals surface area (Å²) in [5, 5.41) is -0.308. The van der Waals surface area contributed by atoms with Crippen molar-refractivity contribution in [3.8, 4) is 5.75 Å². The Balaban J connectivity index is 1.78. The smallest absolute Gasteiger partial charge is 0.281 e. The van der Waals surface area contributed by atoms with E-state index < -0.39 is 21.5 Å². The molecule has 0 saturated heterocycles. The third-order valence-corrected chi connectivity index (χ3v) is 7.85. The first-order chi connectivity index (χ1) is 16.6. The molecule has 1 unspecified atom stereocenters. The van der Waals surface area contributed by atoms with Crippen LogP contribution >= 0.6 is 0 Å². The number of nitrogens with one attached hydrogen (secondary N) is 1. The molecule has 1 atom stereocenters. The van der Waals surface area contributed by atoms with E-state index in [4.69, 9.17) is 10.5 Å². The fraction of sp³-hybridized carbons (Fsp3) is 0.308. The maximum atomic E-state index is 13.8. The van der Waals surface area contributed by atoms with Crippen LogP contribution in [0.25, 0.3) is 0 Å². The third kappa shape index (κ3) is 4.49. The largest absolute Gasteiger partial charge is 0.494 e. The number of nitrogens with zero attached hydrogens (tertiary/aromatic N) is 2. The van der Waals surface area contributed by atoms with Gasteiger partial charge in [-0.05, 0) is 68.1 Å². The van der Waals surface area contributed by atoms with Crippen LogP contribution in [0.2, 0.25) is 0 Å². The summed E-state index contributed by atoms with van der Waals surface area (Å²) in [6.07, 6.45) is 0. The Morgan fingerprint density at radius 2 is 1.77 bits per heavy atom. The van der Waals surface area contributed by atoms with Gasteiger partial charge in [0.15, 0.2) is 5.03 Å². The first-order valence-corrected chi connectivity index (χ1v) is 12.9. The second kappa shape index (κ2) is 9.31. The molecule has 184 valence electrons. The molecule has 0 saturated carbocycles. The second-order valence-electron chi connectivity index (χ2n) is 8.85. The number of aryl methyl sites for hydroxylation is 2. The SMILES string of the molecule is CCOc1cccc2c1CN(Cc1c(C)cccc1C)C2(C)C(=O)NS(=O)(=O)c1cccc(N)n1. The van der Waals surface area contributed by atoms with E-state index in [1.165, 1.54) is 18.2 Å². The van der Waals surface area contributed by atoms with Crippen LogP contribution in [0.3, 0.4) is 0 Å². The van der Waals surface area contributed by atoms with Gasteiger partial charge in [0.05, 0.1) is 6.61 Å². The van der Waals surface area contributed by atoms with Gasteiger partial charge in [0.2, 0.25) is 0 Å². The Bertz CT molecular complexity index is 1370. The van der Waals surface area contributed by atoms with E-state index in [2.05, 4.69) is 9.71 Å². The summed E-state index contributed by atoms with van der Waals surface area (Å²) >= 11 is 0. The number of hydrogen-bond donors (Lipinski definition) is 2. The molecule has 3 N–H and O–H groups in total. The van der Waals surface area contributed by atoms with E-state index >= 15 is 0 Å². The van der Waals surface area contributed by atoms with Crippen LogP contribution in [0.4, 0.5) is 5.82 Å². The first-order valence-electron chi connectivity index (χ1n) is 11.4. The minimum Gasteiger partial charge on any atom is -0.494 e. The molecule has 0 fully saturated rings. The molecule has 9 heteroatoms. The number of pyridine rings is 1. The Morgan fingerprint density at radius 1 is 1.11 bits per heavy atom. The number of ether oxygens (including phenoxy) is 1. The van der Waals surface area contributed by atoms with Crippen LogP contribution in [0, 0.1) is 13.8 Å². The molecule has 0 radical (unpaired) electrons. The van der Waals surface area contributed by atoms with Crippen LogP contribution < -0.4 is 15.2 Å². The molecule has 4 rings (SSSR count). The zero-order chi connectivity index (χ0) is 25.4. The molecule has 2 heterocycles. The van der Waals surface area contributed by atoms with Crippen LogP contribution in [-0.4, -0.2) is 30.8 Å². The highest BCUT2D eigenvalue weighted by molar-refractivity contribution is 7.90. The fourth-order valence-corrected chi connectivity index (χ4v) is 5.65. The van der Waals surface area contributed by atoms with Crippen molar-refractivity contribution < 1.29 is 17.9 Å². The Kier molecular flexibility index (Phi) is 6.57. The molecule has 2 aromatic carbocycles. The van der Waals surface area contributed by atoms with E-state index in [0.717, 1.165) is 22.3 Å². The number of benzene rings is 2. The minimum absolute atomic E-state index is 0.0516. The molecule has 1 amide bonds. The molecule has 1 aliphatic heterocycles. The molecule has 35 heavy (non-hydrogen) atoms. The number of sulfonamides is 1. The molecule has 3 aromatic rings. The van der Waals surface area contributed by atoms with Gasteiger partial charge in [0.25, 0.3) is 15.9 Å². The van der Waals surface area contributed by atoms with Crippen LogP contribution in [0.15, 0.2) is 59.6 Å². The Morgan fingerprint density at radius 3 is 2.43 bits per heavy atom. The topological polar surface area (TPSA) is 115 Å². The number of nitrogens with two attached hydrogens (primary N) is 1. The van der Waals surface area contributed by atoms with E-state index in [9.17, 15) is 13.2 Å². The standard InChI is InChI=1S/C26H30N4O4S/c1-5-34-22-12-7-11-21-20(22)16-30(15-19-17(2)9-6-10-18(19)3)26(21,4)25(31)29-35(32,33)24-14-8-13-23(27)28-24/h6-14H,5,15-16H2,1-4H3,(H2,27,28)(H,29,31). The van der Waals surface area contributed by atoms with Gasteiger partial charge < -0.3 is 10.5 Å². The normalized spacial score (nSPS) is 17.7. The van der Waals surface area contributed by atoms with E-state index in [1.54, 1.807) is 6.92 Å². The highest BCUT2D eigenvalue weighted by atomic mass is 32.2. The third-order valence-electron chi connectivity index (χ3n) is 6.62. The average Bonchev–Trinajstić information content (AvgIpc) is 3.10. The van der Waals surface area contributed by atoms with Crippen LogP contribution in [0.1, 0.15) is 41.7 Å². The number of aromatic nitrogens is 1. The van der Waals surface area contributed by atoms with Crippen LogP contribution in [0.5, 0.6) is 5.75 Å². The van der Waals surface area contributed by atoms with E-state index in [0.29, 0.717) is 31.0 Å². The molecule has 0 aliphatic carbocycles. The Hall–Kier alpha value is -3.43. The van der Waals surface area contributed by atoms with Crippen LogP contribution in [-0.2, 0) is 33.4 Å². The number of rotatable bonds is 7. The minimum atomic E-state index is -4.24. The number of carbonyl (C=O) groups is 1. The molecule has 8 nitrogen and oxygen atoms in total. The predicted molar refractivity (Wildman–Crippen MR) is 134 cm³/mol. The van der Waals surface area contributed by atoms with Crippen molar-refractivity contribution in [1.29, 1.82) is 0 Å². The molecule has 0 bridgehead atoms. The van der Waals surface area contributed by atoms with Crippen molar-refractivity contribution in [3.63, 3.8) is 0 Å². The number of amides is 1. The van der Waals surface area contributed by atoms with Crippen molar-refractivity contribution in [1.82, 2.24) is 14.6 Å². The van der Waals surface area contributed by atoms with Gasteiger partial charge in [0, 0.05) is 18.7 Å². The summed E-state index contributed by atoms with van der Waals surface area (Å²) in [5.74, 6) is 0.0736. The summed E-state index contributed by atoms with van der Waals surface area (Å²) in [5.41, 5.74) is 9.28. The van der Waals surface area contributed by atoms with Gasteiger partial charge in [0.1, 0.15) is 17.1 Å². The zero-order valence-electron chi connectivity index (χ0n) is 20.3. The lowest BCUT2D eigenvalue weighted by Crippen LogP contribution is -2.52. The van der Waals surface area contributed by atoms with E-state index in [1.807, 2.05) is 62.1 Å². The van der Waals surface area contributed by atoms with Gasteiger partial charge in [-0.25, -0.2) is 9.71 Å². The summed E-state index contributed by atoms with van der Waals surface area (Å²) in [6, 6.07) is 15.9. The average molecular weight is 495 g/mol. The summed E-state index contributed by atoms with van der Waals surface area (Å²) in [4.78, 5) is 19.7. The monoisotopic (exact) mass is 494 g/mol. The summed E-state index contributed by atoms with van der Waals surface area (Å²) < 4.78 is 34.2. The van der Waals surface area contributed by atoms with Crippen molar-refractivity contribution in [2.24, 2.45) is 0 Å². The number of hydrogen-bond acceptors (Lipinski definition) is 7. The van der Waals surface area contributed by atoms with Gasteiger partial charge in [-0.15, -0.1) is 0 Å². The lowest BCUT2D eigenvalue weighted by molar-refractivity contribution is -0.131. The zero-order valence-corrected chi connectivity index (χ0v) is 21.1. The van der Waals surface area contributed by atoms with Gasteiger partial charge in [-0.2, -0.15) is 8.42 Å². The lowest BCUT2D eigenvalue weighted by atomic mass is 9.90. The number of carbonyl (C=O) groups excluding carboxylic acids is 1. The summed E-state index contributed by atoms with van der Waals surface area (Å²) in [7, 11) is -4.24. The lowest BCUT2D eigenvalue weighted by Gasteiger charge is -2.35. The van der Waals surface area contributed by atoms with Crippen molar-refractivity contribution in [2.45, 2.75) is 51.3 Å². The fourth-order valence-electron chi connectivity index (χ4n) is 4.62. The highest BCUT2D eigenvalue weighted by Crippen LogP contribution is 2.44. The molecule has 1 aromatic heterocycles. The van der Waals surface area contributed by atoms with Gasteiger partial charge in [-0.1, -0.05) is 36.4 Å². The predicted octanol–water partition coefficient (Wildman–Crippen LogP) is 3.42. The number of anilines is 1. The molecule has 0 spiro atoms. The number of nitrogen functional groups attached to an aromatic ring is 1. The number of fused-ring (bicyclic) bond motifs is 1. The van der Waals surface area contributed by atoms with Crippen molar-refractivity contribution in [3.05, 3.63) is 82.4 Å². The second-order valence-corrected chi connectivity index (χ2v) is 10.5. The summed E-state index contributed by atoms with van der Waals surface area (Å²) in [6.45, 7) is 9.08. The van der Waals surface area contributed by atoms with E-state index in [-0.39, 0.29) is 10.8 Å². The van der Waals surface area contributed by atoms with Gasteiger partial charge in [-0.3, -0.25) is 9.69 Å². The maximum Gasteiger partial charge on any atom is 0.281 e.